The maximum Gasteiger partial charge on any atom is 0.220 e. The minimum absolute atomic E-state index is 0. The van der Waals surface area contributed by atoms with E-state index in [0.29, 0.717) is 12.2 Å². The Morgan fingerprint density at radius 1 is 1.50 bits per heavy atom. The van der Waals surface area contributed by atoms with Crippen LogP contribution < -0.4 is 10.0 Å². The van der Waals surface area contributed by atoms with E-state index in [1.807, 2.05) is 0 Å². The van der Waals surface area contributed by atoms with Crippen LogP contribution >= 0.6 is 12.4 Å². The first-order valence-electron chi connectivity index (χ1n) is 5.72. The van der Waals surface area contributed by atoms with Crippen molar-refractivity contribution in [2.24, 2.45) is 0 Å². The summed E-state index contributed by atoms with van der Waals surface area (Å²) in [6.07, 6.45) is 2.45. The number of hydrogen-bond donors (Lipinski definition) is 2. The minimum Gasteiger partial charge on any atom is -0.315 e. The Balaban J connectivity index is 0.00000162. The van der Waals surface area contributed by atoms with Crippen LogP contribution in [0.2, 0.25) is 0 Å². The number of sulfonamides is 1. The molecule has 1 aliphatic rings. The van der Waals surface area contributed by atoms with Gasteiger partial charge in [0.1, 0.15) is 5.25 Å². The molecule has 7 heteroatoms. The normalized spacial score (nSPS) is 21.3. The lowest BCUT2D eigenvalue weighted by molar-refractivity contribution is 0.549. The molecule has 0 amide bonds. The van der Waals surface area contributed by atoms with Gasteiger partial charge in [0.05, 0.1) is 5.69 Å². The maximum absolute atomic E-state index is 12.1. The smallest absolute Gasteiger partial charge is 0.220 e. The van der Waals surface area contributed by atoms with E-state index in [2.05, 4.69) is 15.0 Å². The number of aromatic nitrogens is 1. The van der Waals surface area contributed by atoms with Crippen LogP contribution in [-0.4, -0.2) is 32.5 Å². The first-order chi connectivity index (χ1) is 8.09. The zero-order chi connectivity index (χ0) is 12.3. The topological polar surface area (TPSA) is 71.1 Å². The highest BCUT2D eigenvalue weighted by Gasteiger charge is 2.27. The highest BCUT2D eigenvalue weighted by molar-refractivity contribution is 7.89. The third kappa shape index (κ3) is 3.65. The van der Waals surface area contributed by atoms with Gasteiger partial charge in [0.2, 0.25) is 10.0 Å². The summed E-state index contributed by atoms with van der Waals surface area (Å²) < 4.78 is 26.9. The number of rotatable bonds is 4. The van der Waals surface area contributed by atoms with E-state index in [1.165, 1.54) is 0 Å². The Kier molecular flexibility index (Phi) is 5.52. The summed E-state index contributed by atoms with van der Waals surface area (Å²) in [6, 6.07) is 5.31. The summed E-state index contributed by atoms with van der Waals surface area (Å²) in [4.78, 5) is 4.08. The number of halogens is 1. The number of hydrogen-bond acceptors (Lipinski definition) is 4. The summed E-state index contributed by atoms with van der Waals surface area (Å²) in [5, 5.41) is 2.51. The molecular weight excluding hydrogens is 274 g/mol. The summed E-state index contributed by atoms with van der Waals surface area (Å²) >= 11 is 0. The van der Waals surface area contributed by atoms with Gasteiger partial charge in [-0.25, -0.2) is 13.1 Å². The van der Waals surface area contributed by atoms with Crippen molar-refractivity contribution < 1.29 is 8.42 Å². The molecule has 102 valence electrons. The fourth-order valence-electron chi connectivity index (χ4n) is 1.87. The molecule has 1 aromatic rings. The largest absolute Gasteiger partial charge is 0.315 e. The summed E-state index contributed by atoms with van der Waals surface area (Å²) in [5.41, 5.74) is 0.575. The second-order valence-corrected chi connectivity index (χ2v) is 6.28. The van der Waals surface area contributed by atoms with Crippen LogP contribution in [0.25, 0.3) is 0 Å². The van der Waals surface area contributed by atoms with Gasteiger partial charge in [0, 0.05) is 18.8 Å². The van der Waals surface area contributed by atoms with Gasteiger partial charge in [-0.15, -0.1) is 12.4 Å². The second-order valence-electron chi connectivity index (χ2n) is 4.25. The quantitative estimate of drug-likeness (QED) is 0.863. The monoisotopic (exact) mass is 291 g/mol. The van der Waals surface area contributed by atoms with Crippen LogP contribution in [0.4, 0.5) is 0 Å². The SMILES string of the molecule is CC(c1ccccn1)S(=O)(=O)NC1CCNC1.Cl. The highest BCUT2D eigenvalue weighted by Crippen LogP contribution is 2.19. The van der Waals surface area contributed by atoms with E-state index in [0.717, 1.165) is 13.0 Å². The van der Waals surface area contributed by atoms with E-state index in [-0.39, 0.29) is 18.4 Å². The van der Waals surface area contributed by atoms with E-state index < -0.39 is 15.3 Å². The first kappa shape index (κ1) is 15.4. The van der Waals surface area contributed by atoms with Crippen molar-refractivity contribution >= 4 is 22.4 Å². The van der Waals surface area contributed by atoms with Crippen molar-refractivity contribution in [2.75, 3.05) is 13.1 Å². The van der Waals surface area contributed by atoms with Crippen molar-refractivity contribution in [3.8, 4) is 0 Å². The standard InChI is InChI=1S/C11H17N3O2S.ClH/c1-9(11-4-2-3-6-13-11)17(15,16)14-10-5-7-12-8-10;/h2-4,6,9-10,12,14H,5,7-8H2,1H3;1H. The predicted molar refractivity (Wildman–Crippen MR) is 73.2 cm³/mol. The van der Waals surface area contributed by atoms with E-state index in [9.17, 15) is 8.42 Å². The number of nitrogens with zero attached hydrogens (tertiary/aromatic N) is 1. The summed E-state index contributed by atoms with van der Waals surface area (Å²) in [5.74, 6) is 0. The van der Waals surface area contributed by atoms with Crippen molar-refractivity contribution in [3.05, 3.63) is 30.1 Å². The molecule has 0 aliphatic carbocycles. The van der Waals surface area contributed by atoms with E-state index in [1.54, 1.807) is 31.3 Å². The Labute approximate surface area is 114 Å². The molecule has 2 atom stereocenters. The lowest BCUT2D eigenvalue weighted by atomic mass is 10.3. The molecule has 0 radical (unpaired) electrons. The van der Waals surface area contributed by atoms with Crippen molar-refractivity contribution in [3.63, 3.8) is 0 Å². The van der Waals surface area contributed by atoms with Crippen molar-refractivity contribution in [1.29, 1.82) is 0 Å². The summed E-state index contributed by atoms with van der Waals surface area (Å²) in [6.45, 7) is 3.23. The van der Waals surface area contributed by atoms with Crippen LogP contribution in [0.15, 0.2) is 24.4 Å². The van der Waals surface area contributed by atoms with Crippen LogP contribution in [0, 0.1) is 0 Å². The Morgan fingerprint density at radius 2 is 2.28 bits per heavy atom. The van der Waals surface area contributed by atoms with Gasteiger partial charge in [-0.3, -0.25) is 4.98 Å². The van der Waals surface area contributed by atoms with Gasteiger partial charge in [-0.1, -0.05) is 6.07 Å². The molecule has 1 aliphatic heterocycles. The first-order valence-corrected chi connectivity index (χ1v) is 7.27. The lowest BCUT2D eigenvalue weighted by Crippen LogP contribution is -2.38. The highest BCUT2D eigenvalue weighted by atomic mass is 35.5. The van der Waals surface area contributed by atoms with Crippen LogP contribution in [0.3, 0.4) is 0 Å². The fraction of sp³-hybridized carbons (Fsp3) is 0.545. The van der Waals surface area contributed by atoms with Gasteiger partial charge in [0.25, 0.3) is 0 Å². The molecular formula is C11H18ClN3O2S. The Morgan fingerprint density at radius 3 is 2.83 bits per heavy atom. The fourth-order valence-corrected chi connectivity index (χ4v) is 3.19. The zero-order valence-electron chi connectivity index (χ0n) is 10.2. The average Bonchev–Trinajstić information content (AvgIpc) is 2.81. The third-order valence-electron chi connectivity index (χ3n) is 2.96. The van der Waals surface area contributed by atoms with Gasteiger partial charge in [-0.2, -0.15) is 0 Å². The molecule has 2 unspecified atom stereocenters. The zero-order valence-corrected chi connectivity index (χ0v) is 11.8. The number of nitrogens with one attached hydrogen (secondary N) is 2. The molecule has 0 spiro atoms. The van der Waals surface area contributed by atoms with Crippen molar-refractivity contribution in [1.82, 2.24) is 15.0 Å². The third-order valence-corrected chi connectivity index (χ3v) is 4.80. The van der Waals surface area contributed by atoms with Crippen LogP contribution in [-0.2, 0) is 10.0 Å². The molecule has 1 fully saturated rings. The van der Waals surface area contributed by atoms with Gasteiger partial charge < -0.3 is 5.32 Å². The summed E-state index contributed by atoms with van der Waals surface area (Å²) in [7, 11) is -3.35. The molecule has 0 saturated carbocycles. The average molecular weight is 292 g/mol. The van der Waals surface area contributed by atoms with E-state index >= 15 is 0 Å². The van der Waals surface area contributed by atoms with Gasteiger partial charge in [0.15, 0.2) is 0 Å². The van der Waals surface area contributed by atoms with Gasteiger partial charge >= 0.3 is 0 Å². The van der Waals surface area contributed by atoms with Crippen LogP contribution in [0.1, 0.15) is 24.3 Å². The molecule has 5 nitrogen and oxygen atoms in total. The number of pyridine rings is 1. The van der Waals surface area contributed by atoms with E-state index in [4.69, 9.17) is 0 Å². The maximum atomic E-state index is 12.1. The molecule has 1 aromatic heterocycles. The second kappa shape index (κ2) is 6.47. The van der Waals surface area contributed by atoms with Crippen LogP contribution in [0.5, 0.6) is 0 Å². The molecule has 0 aromatic carbocycles. The molecule has 2 heterocycles. The predicted octanol–water partition coefficient (Wildman–Crippen LogP) is 0.846. The molecule has 18 heavy (non-hydrogen) atoms. The molecule has 0 bridgehead atoms. The molecule has 2 rings (SSSR count). The Bertz CT molecular complexity index is 460. The molecule has 2 N–H and O–H groups in total. The van der Waals surface area contributed by atoms with Gasteiger partial charge in [-0.05, 0) is 32.0 Å². The van der Waals surface area contributed by atoms with Crippen molar-refractivity contribution in [2.45, 2.75) is 24.6 Å². The lowest BCUT2D eigenvalue weighted by Gasteiger charge is -2.16. The minimum atomic E-state index is -3.35. The molecule has 1 saturated heterocycles. The Hall–Kier alpha value is -0.690.